The molecule has 0 atom stereocenters. The Kier molecular flexibility index (Phi) is 7.45. The van der Waals surface area contributed by atoms with Crippen LogP contribution in [0.4, 0.5) is 5.82 Å². The Labute approximate surface area is 126 Å². The van der Waals surface area contributed by atoms with Crippen LogP contribution in [0.3, 0.4) is 0 Å². The van der Waals surface area contributed by atoms with Gasteiger partial charge in [-0.3, -0.25) is 0 Å². The lowest BCUT2D eigenvalue weighted by atomic mass is 10.3. The average molecular weight is 294 g/mol. The largest absolute Gasteiger partial charge is 0.409 e. The number of aromatic nitrogens is 2. The molecule has 0 spiro atoms. The third-order valence-corrected chi connectivity index (χ3v) is 3.51. The summed E-state index contributed by atoms with van der Waals surface area (Å²) in [6, 6.07) is 0. The van der Waals surface area contributed by atoms with Gasteiger partial charge < -0.3 is 20.7 Å². The van der Waals surface area contributed by atoms with Crippen molar-refractivity contribution in [1.29, 1.82) is 0 Å². The van der Waals surface area contributed by atoms with E-state index in [0.717, 1.165) is 39.1 Å². The van der Waals surface area contributed by atoms with Gasteiger partial charge in [0.25, 0.3) is 0 Å². The molecule has 3 N–H and O–H groups in total. The van der Waals surface area contributed by atoms with Crippen molar-refractivity contribution in [1.82, 2.24) is 14.9 Å². The predicted octanol–water partition coefficient (Wildman–Crippen LogP) is 1.13. The van der Waals surface area contributed by atoms with E-state index in [9.17, 15) is 0 Å². The van der Waals surface area contributed by atoms with Gasteiger partial charge in [0.05, 0.1) is 0 Å². The standard InChI is InChI=1S/C14H26N6O/c1-4-19(5-2)10-7-11-20(6-3)14-12(13(15)18-21)16-8-9-17-14/h8-9,21H,4-7,10-11H2,1-3H3,(H2,15,18). The van der Waals surface area contributed by atoms with Crippen molar-refractivity contribution < 1.29 is 5.21 Å². The SMILES string of the molecule is CCN(CC)CCCN(CC)c1nccnc1C(N)=NO. The zero-order valence-corrected chi connectivity index (χ0v) is 13.2. The van der Waals surface area contributed by atoms with E-state index in [0.29, 0.717) is 11.5 Å². The Balaban J connectivity index is 2.77. The number of amidine groups is 1. The van der Waals surface area contributed by atoms with Crippen LogP contribution in [0.2, 0.25) is 0 Å². The topological polar surface area (TPSA) is 90.9 Å². The summed E-state index contributed by atoms with van der Waals surface area (Å²) in [5.41, 5.74) is 6.09. The van der Waals surface area contributed by atoms with Crippen LogP contribution in [-0.4, -0.2) is 58.6 Å². The molecule has 7 nitrogen and oxygen atoms in total. The molecule has 0 aromatic carbocycles. The third-order valence-electron chi connectivity index (χ3n) is 3.51. The zero-order chi connectivity index (χ0) is 15.7. The van der Waals surface area contributed by atoms with Crippen LogP contribution in [0.5, 0.6) is 0 Å². The van der Waals surface area contributed by atoms with Crippen molar-refractivity contribution in [2.45, 2.75) is 27.2 Å². The molecule has 0 saturated carbocycles. The van der Waals surface area contributed by atoms with Crippen molar-refractivity contribution in [3.05, 3.63) is 18.1 Å². The van der Waals surface area contributed by atoms with Gasteiger partial charge in [-0.05, 0) is 33.0 Å². The number of hydrogen-bond acceptors (Lipinski definition) is 6. The second kappa shape index (κ2) is 9.12. The van der Waals surface area contributed by atoms with Crippen LogP contribution >= 0.6 is 0 Å². The highest BCUT2D eigenvalue weighted by molar-refractivity contribution is 5.99. The Morgan fingerprint density at radius 2 is 1.81 bits per heavy atom. The minimum Gasteiger partial charge on any atom is -0.409 e. The highest BCUT2D eigenvalue weighted by Gasteiger charge is 2.15. The first kappa shape index (κ1) is 17.2. The quantitative estimate of drug-likeness (QED) is 0.307. The molecule has 0 saturated heterocycles. The molecule has 21 heavy (non-hydrogen) atoms. The molecule has 0 radical (unpaired) electrons. The molecule has 0 aliphatic heterocycles. The minimum absolute atomic E-state index is 0.0136. The summed E-state index contributed by atoms with van der Waals surface area (Å²) in [6.07, 6.45) is 4.19. The molecule has 0 fully saturated rings. The average Bonchev–Trinajstić information content (AvgIpc) is 2.54. The Morgan fingerprint density at radius 3 is 2.38 bits per heavy atom. The van der Waals surface area contributed by atoms with Gasteiger partial charge in [0, 0.05) is 25.5 Å². The van der Waals surface area contributed by atoms with Gasteiger partial charge in [-0.1, -0.05) is 19.0 Å². The molecule has 0 unspecified atom stereocenters. The van der Waals surface area contributed by atoms with E-state index in [2.05, 4.69) is 45.7 Å². The van der Waals surface area contributed by atoms with E-state index in [1.54, 1.807) is 12.4 Å². The number of rotatable bonds is 9. The summed E-state index contributed by atoms with van der Waals surface area (Å²) in [4.78, 5) is 13.0. The van der Waals surface area contributed by atoms with E-state index in [1.165, 1.54) is 0 Å². The molecular weight excluding hydrogens is 268 g/mol. The molecule has 0 bridgehead atoms. The molecule has 1 aromatic rings. The van der Waals surface area contributed by atoms with Crippen LogP contribution in [0.25, 0.3) is 0 Å². The third kappa shape index (κ3) is 4.86. The van der Waals surface area contributed by atoms with Crippen molar-refractivity contribution in [3.8, 4) is 0 Å². The molecule has 0 aliphatic carbocycles. The van der Waals surface area contributed by atoms with Gasteiger partial charge in [-0.2, -0.15) is 0 Å². The van der Waals surface area contributed by atoms with Gasteiger partial charge >= 0.3 is 0 Å². The minimum atomic E-state index is -0.0136. The molecule has 118 valence electrons. The molecule has 0 amide bonds. The Bertz CT molecular complexity index is 447. The normalized spacial score (nSPS) is 11.9. The molecule has 0 aliphatic rings. The van der Waals surface area contributed by atoms with Crippen molar-refractivity contribution in [2.75, 3.05) is 37.6 Å². The summed E-state index contributed by atoms with van der Waals surface area (Å²) in [5.74, 6) is 0.648. The number of nitrogens with two attached hydrogens (primary N) is 1. The lowest BCUT2D eigenvalue weighted by Crippen LogP contribution is -2.32. The van der Waals surface area contributed by atoms with Crippen molar-refractivity contribution in [2.24, 2.45) is 10.9 Å². The van der Waals surface area contributed by atoms with E-state index in [1.807, 2.05) is 0 Å². The molecule has 1 rings (SSSR count). The first-order valence-electron chi connectivity index (χ1n) is 7.44. The van der Waals surface area contributed by atoms with Gasteiger partial charge in [0.1, 0.15) is 0 Å². The van der Waals surface area contributed by atoms with E-state index in [-0.39, 0.29) is 5.84 Å². The highest BCUT2D eigenvalue weighted by Crippen LogP contribution is 2.15. The number of anilines is 1. The van der Waals surface area contributed by atoms with Gasteiger partial charge in [0.15, 0.2) is 17.3 Å². The van der Waals surface area contributed by atoms with E-state index < -0.39 is 0 Å². The number of oxime groups is 1. The van der Waals surface area contributed by atoms with Crippen molar-refractivity contribution in [3.63, 3.8) is 0 Å². The fraction of sp³-hybridized carbons (Fsp3) is 0.643. The summed E-state index contributed by atoms with van der Waals surface area (Å²) < 4.78 is 0. The highest BCUT2D eigenvalue weighted by atomic mass is 16.4. The second-order valence-corrected chi connectivity index (χ2v) is 4.67. The van der Waals surface area contributed by atoms with Gasteiger partial charge in [-0.25, -0.2) is 9.97 Å². The summed E-state index contributed by atoms with van der Waals surface area (Å²) in [5, 5.41) is 11.9. The van der Waals surface area contributed by atoms with Crippen LogP contribution in [-0.2, 0) is 0 Å². The van der Waals surface area contributed by atoms with Gasteiger partial charge in [0.2, 0.25) is 0 Å². The first-order chi connectivity index (χ1) is 10.2. The fourth-order valence-electron chi connectivity index (χ4n) is 2.23. The van der Waals surface area contributed by atoms with E-state index in [4.69, 9.17) is 10.9 Å². The lowest BCUT2D eigenvalue weighted by molar-refractivity contribution is 0.300. The summed E-state index contributed by atoms with van der Waals surface area (Å²) >= 11 is 0. The molecule has 1 aromatic heterocycles. The monoisotopic (exact) mass is 294 g/mol. The maximum absolute atomic E-state index is 8.85. The van der Waals surface area contributed by atoms with E-state index >= 15 is 0 Å². The first-order valence-corrected chi connectivity index (χ1v) is 7.44. The Hall–Kier alpha value is -1.89. The molecular formula is C14H26N6O. The second-order valence-electron chi connectivity index (χ2n) is 4.67. The summed E-state index contributed by atoms with van der Waals surface area (Å²) in [7, 11) is 0. The number of hydrogen-bond donors (Lipinski definition) is 2. The fourth-order valence-corrected chi connectivity index (χ4v) is 2.23. The smallest absolute Gasteiger partial charge is 0.192 e. The zero-order valence-electron chi connectivity index (χ0n) is 13.2. The molecule has 7 heteroatoms. The van der Waals surface area contributed by atoms with Gasteiger partial charge in [-0.15, -0.1) is 0 Å². The van der Waals surface area contributed by atoms with Crippen LogP contribution in [0, 0.1) is 0 Å². The Morgan fingerprint density at radius 1 is 1.14 bits per heavy atom. The van der Waals surface area contributed by atoms with Crippen molar-refractivity contribution >= 4 is 11.7 Å². The number of nitrogens with zero attached hydrogens (tertiary/aromatic N) is 5. The van der Waals surface area contributed by atoms with Crippen LogP contribution in [0.1, 0.15) is 32.9 Å². The lowest BCUT2D eigenvalue weighted by Gasteiger charge is -2.25. The van der Waals surface area contributed by atoms with Crippen LogP contribution < -0.4 is 10.6 Å². The summed E-state index contributed by atoms with van der Waals surface area (Å²) in [6.45, 7) is 11.2. The van der Waals surface area contributed by atoms with Crippen LogP contribution in [0.15, 0.2) is 17.5 Å². The maximum Gasteiger partial charge on any atom is 0.192 e. The molecule has 1 heterocycles. The predicted molar refractivity (Wildman–Crippen MR) is 84.8 cm³/mol. The maximum atomic E-state index is 8.85.